The lowest BCUT2D eigenvalue weighted by Crippen LogP contribution is -2.42. The molecule has 0 aliphatic carbocycles. The summed E-state index contributed by atoms with van der Waals surface area (Å²) in [6, 6.07) is 4.15. The lowest BCUT2D eigenvalue weighted by atomic mass is 9.83. The zero-order valence-electron chi connectivity index (χ0n) is 12.8. The van der Waals surface area contributed by atoms with Crippen LogP contribution >= 0.6 is 0 Å². The molecule has 0 saturated carbocycles. The molecule has 0 radical (unpaired) electrons. The highest BCUT2D eigenvalue weighted by Gasteiger charge is 2.36. The third-order valence-corrected chi connectivity index (χ3v) is 4.11. The summed E-state index contributed by atoms with van der Waals surface area (Å²) in [6.45, 7) is 4.82. The Labute approximate surface area is 129 Å². The number of nitriles is 2. The molecule has 1 aliphatic heterocycles. The van der Waals surface area contributed by atoms with E-state index in [1.807, 2.05) is 13.8 Å². The van der Waals surface area contributed by atoms with Crippen LogP contribution in [0.2, 0.25) is 0 Å². The van der Waals surface area contributed by atoms with Crippen LogP contribution in [0, 0.1) is 28.1 Å². The first-order valence-corrected chi connectivity index (χ1v) is 7.22. The Bertz CT molecular complexity index is 659. The number of ether oxygens (including phenoxy) is 1. The highest BCUT2D eigenvalue weighted by atomic mass is 16.5. The van der Waals surface area contributed by atoms with E-state index < -0.39 is 5.41 Å². The molecule has 0 spiro atoms. The summed E-state index contributed by atoms with van der Waals surface area (Å²) >= 11 is 0. The maximum absolute atomic E-state index is 12.8. The fourth-order valence-electron chi connectivity index (χ4n) is 2.48. The minimum absolute atomic E-state index is 0.0599. The summed E-state index contributed by atoms with van der Waals surface area (Å²) < 4.78 is 5.64. The summed E-state index contributed by atoms with van der Waals surface area (Å²) in [6.07, 6.45) is 3.86. The van der Waals surface area contributed by atoms with Crippen molar-refractivity contribution in [1.29, 1.82) is 10.5 Å². The Balaban J connectivity index is 2.30. The topological polar surface area (TPSA) is 90.0 Å². The van der Waals surface area contributed by atoms with E-state index in [4.69, 9.17) is 15.3 Å². The van der Waals surface area contributed by atoms with Crippen molar-refractivity contribution in [2.45, 2.75) is 33.2 Å². The Morgan fingerprint density at radius 3 is 2.91 bits per heavy atom. The number of pyridine rings is 1. The van der Waals surface area contributed by atoms with E-state index >= 15 is 0 Å². The van der Waals surface area contributed by atoms with Crippen molar-refractivity contribution >= 4 is 5.91 Å². The van der Waals surface area contributed by atoms with Gasteiger partial charge < -0.3 is 9.64 Å². The van der Waals surface area contributed by atoms with Gasteiger partial charge >= 0.3 is 0 Å². The standard InChI is InChI=1S/C16H18N4O2/c1-3-16(2,4-5-17)15(21)20-6-7-22-14-12(8-18)9-19-10-13(14)11-20/h9-10H,3-4,6-7,11H2,1-2H3/t16-/m0/s1. The van der Waals surface area contributed by atoms with Gasteiger partial charge in [-0.25, -0.2) is 0 Å². The van der Waals surface area contributed by atoms with E-state index in [2.05, 4.69) is 17.1 Å². The summed E-state index contributed by atoms with van der Waals surface area (Å²) in [5.41, 5.74) is 0.405. The zero-order valence-corrected chi connectivity index (χ0v) is 12.8. The average Bonchev–Trinajstić information content (AvgIpc) is 2.76. The maximum atomic E-state index is 12.8. The lowest BCUT2D eigenvalue weighted by molar-refractivity contribution is -0.142. The maximum Gasteiger partial charge on any atom is 0.229 e. The van der Waals surface area contributed by atoms with Gasteiger partial charge in [0.1, 0.15) is 24.0 Å². The van der Waals surface area contributed by atoms with Gasteiger partial charge in [0, 0.05) is 24.4 Å². The Morgan fingerprint density at radius 2 is 2.27 bits per heavy atom. The Morgan fingerprint density at radius 1 is 1.50 bits per heavy atom. The van der Waals surface area contributed by atoms with Gasteiger partial charge in [-0.1, -0.05) is 6.92 Å². The van der Waals surface area contributed by atoms with Crippen LogP contribution in [0.4, 0.5) is 0 Å². The lowest BCUT2D eigenvalue weighted by Gasteiger charge is -2.31. The first kappa shape index (κ1) is 15.8. The largest absolute Gasteiger partial charge is 0.490 e. The predicted octanol–water partition coefficient (Wildman–Crippen LogP) is 2.00. The van der Waals surface area contributed by atoms with E-state index in [1.165, 1.54) is 6.20 Å². The van der Waals surface area contributed by atoms with Crippen LogP contribution < -0.4 is 4.74 Å². The second-order valence-electron chi connectivity index (χ2n) is 5.61. The summed E-state index contributed by atoms with van der Waals surface area (Å²) in [5, 5.41) is 18.1. The molecule has 0 fully saturated rings. The second-order valence-corrected chi connectivity index (χ2v) is 5.61. The average molecular weight is 298 g/mol. The van der Waals surface area contributed by atoms with Crippen molar-refractivity contribution in [2.75, 3.05) is 13.2 Å². The molecule has 1 aliphatic rings. The molecule has 0 N–H and O–H groups in total. The van der Waals surface area contributed by atoms with Gasteiger partial charge in [-0.15, -0.1) is 0 Å². The molecule has 114 valence electrons. The first-order valence-electron chi connectivity index (χ1n) is 7.22. The SMILES string of the molecule is CC[C@@](C)(CC#N)C(=O)N1CCOc2c(C#N)cncc2C1. The number of nitrogens with zero attached hydrogens (tertiary/aromatic N) is 4. The van der Waals surface area contributed by atoms with E-state index in [9.17, 15) is 4.79 Å². The summed E-state index contributed by atoms with van der Waals surface area (Å²) in [7, 11) is 0. The highest BCUT2D eigenvalue weighted by molar-refractivity contribution is 5.82. The minimum Gasteiger partial charge on any atom is -0.490 e. The van der Waals surface area contributed by atoms with Gasteiger partial charge in [0.25, 0.3) is 0 Å². The van der Waals surface area contributed by atoms with Gasteiger partial charge in [-0.2, -0.15) is 10.5 Å². The molecular weight excluding hydrogens is 280 g/mol. The molecule has 0 unspecified atom stereocenters. The first-order chi connectivity index (χ1) is 10.6. The Kier molecular flexibility index (Phi) is 4.62. The van der Waals surface area contributed by atoms with E-state index in [-0.39, 0.29) is 12.3 Å². The molecule has 1 amide bonds. The van der Waals surface area contributed by atoms with Gasteiger partial charge in [0.05, 0.1) is 24.6 Å². The molecule has 1 atom stereocenters. The molecular formula is C16H18N4O2. The summed E-state index contributed by atoms with van der Waals surface area (Å²) in [5.74, 6) is 0.446. The van der Waals surface area contributed by atoms with E-state index in [1.54, 1.807) is 11.1 Å². The normalized spacial score (nSPS) is 16.3. The molecule has 2 heterocycles. The van der Waals surface area contributed by atoms with Crippen LogP contribution in [-0.4, -0.2) is 28.9 Å². The molecule has 6 heteroatoms. The van der Waals surface area contributed by atoms with Gasteiger partial charge in [-0.3, -0.25) is 9.78 Å². The van der Waals surface area contributed by atoms with Crippen LogP contribution in [0.5, 0.6) is 5.75 Å². The Hall–Kier alpha value is -2.60. The van der Waals surface area contributed by atoms with Crippen molar-refractivity contribution in [1.82, 2.24) is 9.88 Å². The number of amides is 1. The van der Waals surface area contributed by atoms with Crippen LogP contribution in [-0.2, 0) is 11.3 Å². The quantitative estimate of drug-likeness (QED) is 0.851. The predicted molar refractivity (Wildman–Crippen MR) is 78.5 cm³/mol. The second kappa shape index (κ2) is 6.44. The smallest absolute Gasteiger partial charge is 0.229 e. The minimum atomic E-state index is -0.695. The van der Waals surface area contributed by atoms with Crippen molar-refractivity contribution in [2.24, 2.45) is 5.41 Å². The van der Waals surface area contributed by atoms with Gasteiger partial charge in [0.15, 0.2) is 0 Å². The highest BCUT2D eigenvalue weighted by Crippen LogP contribution is 2.31. The summed E-state index contributed by atoms with van der Waals surface area (Å²) in [4.78, 5) is 18.5. The molecule has 2 rings (SSSR count). The molecule has 6 nitrogen and oxygen atoms in total. The van der Waals surface area contributed by atoms with Crippen molar-refractivity contribution < 1.29 is 9.53 Å². The fraction of sp³-hybridized carbons (Fsp3) is 0.500. The van der Waals surface area contributed by atoms with E-state index in [0.717, 1.165) is 5.56 Å². The monoisotopic (exact) mass is 298 g/mol. The number of carbonyl (C=O) groups is 1. The molecule has 1 aromatic rings. The van der Waals surface area contributed by atoms with Crippen LogP contribution in [0.25, 0.3) is 0 Å². The van der Waals surface area contributed by atoms with Gasteiger partial charge in [0.2, 0.25) is 5.91 Å². The number of hydrogen-bond acceptors (Lipinski definition) is 5. The third-order valence-electron chi connectivity index (χ3n) is 4.11. The van der Waals surface area contributed by atoms with Gasteiger partial charge in [-0.05, 0) is 13.3 Å². The molecule has 0 saturated heterocycles. The molecule has 1 aromatic heterocycles. The van der Waals surface area contributed by atoms with Crippen LogP contribution in [0.15, 0.2) is 12.4 Å². The van der Waals surface area contributed by atoms with Crippen molar-refractivity contribution in [3.8, 4) is 17.9 Å². The van der Waals surface area contributed by atoms with Crippen LogP contribution in [0.3, 0.4) is 0 Å². The number of aromatic nitrogens is 1. The van der Waals surface area contributed by atoms with Crippen LogP contribution in [0.1, 0.15) is 37.8 Å². The number of carbonyl (C=O) groups excluding carboxylic acids is 1. The molecule has 22 heavy (non-hydrogen) atoms. The fourth-order valence-corrected chi connectivity index (χ4v) is 2.48. The zero-order chi connectivity index (χ0) is 16.2. The van der Waals surface area contributed by atoms with E-state index in [0.29, 0.717) is 37.4 Å². The molecule has 0 aromatic carbocycles. The molecule has 0 bridgehead atoms. The van der Waals surface area contributed by atoms with Crippen molar-refractivity contribution in [3.63, 3.8) is 0 Å². The number of hydrogen-bond donors (Lipinski definition) is 0. The third kappa shape index (κ3) is 2.87. The number of fused-ring (bicyclic) bond motifs is 1. The number of rotatable bonds is 3. The van der Waals surface area contributed by atoms with Crippen molar-refractivity contribution in [3.05, 3.63) is 23.5 Å².